The molecule has 0 aliphatic carbocycles. The van der Waals surface area contributed by atoms with Gasteiger partial charge >= 0.3 is 0 Å². The second-order valence-electron chi connectivity index (χ2n) is 4.80. The van der Waals surface area contributed by atoms with Crippen LogP contribution in [-0.2, 0) is 0 Å². The Morgan fingerprint density at radius 2 is 1.89 bits per heavy atom. The largest absolute Gasteiger partial charge is 0.314 e. The summed E-state index contributed by atoms with van der Waals surface area (Å²) in [6, 6.07) is 2.71. The van der Waals surface area contributed by atoms with Crippen molar-refractivity contribution in [3.8, 4) is 0 Å². The molecule has 0 amide bonds. The highest BCUT2D eigenvalue weighted by Crippen LogP contribution is 2.30. The van der Waals surface area contributed by atoms with Crippen molar-refractivity contribution in [3.05, 3.63) is 34.9 Å². The fraction of sp³-hybridized carbons (Fsp3) is 0.571. The Morgan fingerprint density at radius 1 is 1.26 bits per heavy atom. The van der Waals surface area contributed by atoms with Crippen LogP contribution in [0.1, 0.15) is 30.5 Å². The fourth-order valence-electron chi connectivity index (χ4n) is 2.62. The first-order chi connectivity index (χ1) is 8.65. The Morgan fingerprint density at radius 3 is 2.47 bits per heavy atom. The Balaban J connectivity index is 0.00000180. The molecular weight excluding hydrogens is 270 g/mol. The number of nitrogens with zero attached hydrogens (tertiary/aromatic N) is 1. The molecule has 5 heteroatoms. The molecule has 1 aromatic rings. The number of hydrogen-bond acceptors (Lipinski definition) is 2. The average Bonchev–Trinajstić information content (AvgIpc) is 2.40. The fourth-order valence-corrected chi connectivity index (χ4v) is 2.62. The molecule has 0 bridgehead atoms. The van der Waals surface area contributed by atoms with Crippen molar-refractivity contribution in [1.29, 1.82) is 0 Å². The molecule has 1 aromatic carbocycles. The van der Waals surface area contributed by atoms with Crippen LogP contribution in [0.4, 0.5) is 8.78 Å². The van der Waals surface area contributed by atoms with Gasteiger partial charge in [0.15, 0.2) is 0 Å². The van der Waals surface area contributed by atoms with E-state index in [0.29, 0.717) is 5.56 Å². The first-order valence-corrected chi connectivity index (χ1v) is 6.54. The van der Waals surface area contributed by atoms with Crippen LogP contribution < -0.4 is 5.32 Å². The SMILES string of the molecule is CC[C@H](c1c(F)ccc(C)c1F)N1CCNCC1.Cl. The molecule has 0 radical (unpaired) electrons. The van der Waals surface area contributed by atoms with E-state index in [1.807, 2.05) is 6.92 Å². The number of piperazine rings is 1. The van der Waals surface area contributed by atoms with Crippen molar-refractivity contribution >= 4 is 12.4 Å². The summed E-state index contributed by atoms with van der Waals surface area (Å²) < 4.78 is 28.1. The van der Waals surface area contributed by atoms with Crippen LogP contribution in [0.2, 0.25) is 0 Å². The van der Waals surface area contributed by atoms with Gasteiger partial charge in [0.1, 0.15) is 11.6 Å². The minimum Gasteiger partial charge on any atom is -0.314 e. The molecule has 1 fully saturated rings. The zero-order chi connectivity index (χ0) is 13.1. The summed E-state index contributed by atoms with van der Waals surface area (Å²) in [4.78, 5) is 2.16. The van der Waals surface area contributed by atoms with E-state index in [0.717, 1.165) is 32.6 Å². The summed E-state index contributed by atoms with van der Waals surface area (Å²) in [5.41, 5.74) is 0.749. The second-order valence-corrected chi connectivity index (χ2v) is 4.80. The van der Waals surface area contributed by atoms with Crippen LogP contribution in [0.5, 0.6) is 0 Å². The molecule has 0 saturated carbocycles. The number of aryl methyl sites for hydroxylation is 1. The lowest BCUT2D eigenvalue weighted by molar-refractivity contribution is 0.162. The van der Waals surface area contributed by atoms with Gasteiger partial charge in [-0.3, -0.25) is 4.90 Å². The molecule has 0 unspecified atom stereocenters. The van der Waals surface area contributed by atoms with Crippen molar-refractivity contribution in [3.63, 3.8) is 0 Å². The molecule has 1 saturated heterocycles. The summed E-state index contributed by atoms with van der Waals surface area (Å²) in [6.07, 6.45) is 0.720. The van der Waals surface area contributed by atoms with Gasteiger partial charge in [0.05, 0.1) is 0 Å². The van der Waals surface area contributed by atoms with Crippen LogP contribution in [0.15, 0.2) is 12.1 Å². The Labute approximate surface area is 119 Å². The quantitative estimate of drug-likeness (QED) is 0.920. The predicted octanol–water partition coefficient (Wildman–Crippen LogP) is 3.05. The van der Waals surface area contributed by atoms with Crippen molar-refractivity contribution in [2.75, 3.05) is 26.2 Å². The zero-order valence-corrected chi connectivity index (χ0v) is 12.2. The first-order valence-electron chi connectivity index (χ1n) is 6.54. The third kappa shape index (κ3) is 3.44. The zero-order valence-electron chi connectivity index (χ0n) is 11.4. The molecule has 1 aliphatic rings. The highest BCUT2D eigenvalue weighted by atomic mass is 35.5. The van der Waals surface area contributed by atoms with E-state index >= 15 is 0 Å². The summed E-state index contributed by atoms with van der Waals surface area (Å²) in [5, 5.41) is 3.26. The average molecular weight is 291 g/mol. The van der Waals surface area contributed by atoms with Crippen molar-refractivity contribution in [1.82, 2.24) is 10.2 Å². The third-order valence-corrected chi connectivity index (χ3v) is 3.63. The maximum Gasteiger partial charge on any atom is 0.133 e. The maximum atomic E-state index is 14.2. The lowest BCUT2D eigenvalue weighted by Crippen LogP contribution is -2.45. The Bertz CT molecular complexity index is 420. The number of benzene rings is 1. The third-order valence-electron chi connectivity index (χ3n) is 3.63. The van der Waals surface area contributed by atoms with E-state index < -0.39 is 5.82 Å². The van der Waals surface area contributed by atoms with Gasteiger partial charge in [0.25, 0.3) is 0 Å². The number of rotatable bonds is 3. The van der Waals surface area contributed by atoms with Crippen molar-refractivity contribution in [2.45, 2.75) is 26.3 Å². The van der Waals surface area contributed by atoms with E-state index in [2.05, 4.69) is 10.2 Å². The number of nitrogens with one attached hydrogen (secondary N) is 1. The van der Waals surface area contributed by atoms with Gasteiger partial charge in [-0.05, 0) is 25.0 Å². The normalized spacial score (nSPS) is 17.9. The topological polar surface area (TPSA) is 15.3 Å². The Kier molecular flexibility index (Phi) is 6.17. The van der Waals surface area contributed by atoms with Gasteiger partial charge < -0.3 is 5.32 Å². The molecule has 1 heterocycles. The molecule has 108 valence electrons. The van der Waals surface area contributed by atoms with Gasteiger partial charge in [0.2, 0.25) is 0 Å². The summed E-state index contributed by atoms with van der Waals surface area (Å²) in [7, 11) is 0. The predicted molar refractivity (Wildman–Crippen MR) is 75.8 cm³/mol. The molecular formula is C14H21ClF2N2. The van der Waals surface area contributed by atoms with E-state index in [9.17, 15) is 8.78 Å². The highest BCUT2D eigenvalue weighted by molar-refractivity contribution is 5.85. The number of hydrogen-bond donors (Lipinski definition) is 1. The van der Waals surface area contributed by atoms with Gasteiger partial charge in [-0.2, -0.15) is 0 Å². The monoisotopic (exact) mass is 290 g/mol. The lowest BCUT2D eigenvalue weighted by Gasteiger charge is -2.35. The smallest absolute Gasteiger partial charge is 0.133 e. The molecule has 0 spiro atoms. The number of halogens is 3. The van der Waals surface area contributed by atoms with E-state index in [4.69, 9.17) is 0 Å². The van der Waals surface area contributed by atoms with Crippen molar-refractivity contribution < 1.29 is 8.78 Å². The van der Waals surface area contributed by atoms with Gasteiger partial charge in [0, 0.05) is 37.8 Å². The lowest BCUT2D eigenvalue weighted by atomic mass is 9.98. The molecule has 1 aliphatic heterocycles. The minimum absolute atomic E-state index is 0. The second kappa shape index (κ2) is 7.17. The molecule has 2 rings (SSSR count). The van der Waals surface area contributed by atoms with E-state index in [-0.39, 0.29) is 29.8 Å². The van der Waals surface area contributed by atoms with Gasteiger partial charge in [-0.1, -0.05) is 13.0 Å². The molecule has 1 atom stereocenters. The van der Waals surface area contributed by atoms with Gasteiger partial charge in [-0.15, -0.1) is 12.4 Å². The maximum absolute atomic E-state index is 14.2. The van der Waals surface area contributed by atoms with Crippen LogP contribution >= 0.6 is 12.4 Å². The van der Waals surface area contributed by atoms with Gasteiger partial charge in [-0.25, -0.2) is 8.78 Å². The summed E-state index contributed by atoms with van der Waals surface area (Å²) >= 11 is 0. The van der Waals surface area contributed by atoms with E-state index in [1.54, 1.807) is 6.92 Å². The summed E-state index contributed by atoms with van der Waals surface area (Å²) in [6.45, 7) is 7.10. The molecule has 0 aromatic heterocycles. The first kappa shape index (κ1) is 16.3. The standard InChI is InChI=1S/C14H20F2N2.ClH/c1-3-12(18-8-6-17-7-9-18)13-11(15)5-4-10(2)14(13)16;/h4-5,12,17H,3,6-9H2,1-2H3;1H/t12-;/m1./s1. The molecule has 2 nitrogen and oxygen atoms in total. The van der Waals surface area contributed by atoms with Crippen LogP contribution in [0.3, 0.4) is 0 Å². The summed E-state index contributed by atoms with van der Waals surface area (Å²) in [5.74, 6) is -0.816. The molecule has 1 N–H and O–H groups in total. The molecule has 19 heavy (non-hydrogen) atoms. The minimum atomic E-state index is -0.427. The van der Waals surface area contributed by atoms with E-state index in [1.165, 1.54) is 12.1 Å². The van der Waals surface area contributed by atoms with Crippen LogP contribution in [0, 0.1) is 18.6 Å². The van der Waals surface area contributed by atoms with Crippen LogP contribution in [-0.4, -0.2) is 31.1 Å². The Hall–Kier alpha value is -0.710. The van der Waals surface area contributed by atoms with Crippen LogP contribution in [0.25, 0.3) is 0 Å². The highest BCUT2D eigenvalue weighted by Gasteiger charge is 2.26. The van der Waals surface area contributed by atoms with Crippen molar-refractivity contribution in [2.24, 2.45) is 0 Å².